The van der Waals surface area contributed by atoms with Gasteiger partial charge in [-0.3, -0.25) is 0 Å². The molecule has 0 aromatic heterocycles. The average Bonchev–Trinajstić information content (AvgIpc) is 2.57. The number of amides is 1. The molecule has 122 valence electrons. The molecular formula is C18H28N2O2. The molecule has 1 N–H and O–H groups in total. The summed E-state index contributed by atoms with van der Waals surface area (Å²) in [6.45, 7) is 5.55. The van der Waals surface area contributed by atoms with Crippen LogP contribution in [0, 0.1) is 0 Å². The van der Waals surface area contributed by atoms with Crippen molar-refractivity contribution in [1.82, 2.24) is 5.32 Å². The molecular weight excluding hydrogens is 276 g/mol. The van der Waals surface area contributed by atoms with Gasteiger partial charge in [-0.05, 0) is 49.8 Å². The summed E-state index contributed by atoms with van der Waals surface area (Å²) in [4.78, 5) is 13.9. The monoisotopic (exact) mass is 304 g/mol. The van der Waals surface area contributed by atoms with Gasteiger partial charge in [0.2, 0.25) is 0 Å². The van der Waals surface area contributed by atoms with Crippen LogP contribution in [0.3, 0.4) is 0 Å². The summed E-state index contributed by atoms with van der Waals surface area (Å²) in [7, 11) is 0. The maximum Gasteiger partial charge on any atom is 0.407 e. The lowest BCUT2D eigenvalue weighted by molar-refractivity contribution is 0.144. The molecule has 4 heteroatoms. The van der Waals surface area contributed by atoms with Gasteiger partial charge in [0.15, 0.2) is 0 Å². The van der Waals surface area contributed by atoms with E-state index in [-0.39, 0.29) is 6.09 Å². The van der Waals surface area contributed by atoms with Gasteiger partial charge < -0.3 is 15.0 Å². The van der Waals surface area contributed by atoms with Gasteiger partial charge in [-0.15, -0.1) is 0 Å². The maximum atomic E-state index is 11.4. The lowest BCUT2D eigenvalue weighted by atomic mass is 10.1. The van der Waals surface area contributed by atoms with Crippen molar-refractivity contribution < 1.29 is 9.53 Å². The molecule has 1 aliphatic rings. The van der Waals surface area contributed by atoms with Crippen molar-refractivity contribution in [3.63, 3.8) is 0 Å². The third-order valence-electron chi connectivity index (χ3n) is 4.07. The molecule has 22 heavy (non-hydrogen) atoms. The Bertz CT molecular complexity index is 439. The zero-order valence-corrected chi connectivity index (χ0v) is 13.6. The summed E-state index contributed by atoms with van der Waals surface area (Å²) in [6.07, 6.45) is 6.44. The highest BCUT2D eigenvalue weighted by molar-refractivity contribution is 5.67. The Kier molecular flexibility index (Phi) is 7.07. The Hall–Kier alpha value is -1.71. The fourth-order valence-corrected chi connectivity index (χ4v) is 2.69. The molecule has 4 nitrogen and oxygen atoms in total. The van der Waals surface area contributed by atoms with Crippen molar-refractivity contribution in [1.29, 1.82) is 0 Å². The third-order valence-corrected chi connectivity index (χ3v) is 4.07. The van der Waals surface area contributed by atoms with Crippen LogP contribution in [-0.2, 0) is 11.2 Å². The summed E-state index contributed by atoms with van der Waals surface area (Å²) >= 11 is 0. The number of anilines is 1. The summed E-state index contributed by atoms with van der Waals surface area (Å²) in [5, 5.41) is 2.80. The number of carbonyl (C=O) groups excluding carboxylic acids is 1. The predicted octanol–water partition coefficient (Wildman–Crippen LogP) is 3.75. The molecule has 1 fully saturated rings. The van der Waals surface area contributed by atoms with Gasteiger partial charge >= 0.3 is 6.09 Å². The molecule has 1 aromatic carbocycles. The molecule has 0 radical (unpaired) electrons. The topological polar surface area (TPSA) is 41.6 Å². The minimum absolute atomic E-state index is 0.307. The molecule has 0 bridgehead atoms. The molecule has 1 amide bonds. The van der Waals surface area contributed by atoms with E-state index in [1.165, 1.54) is 43.6 Å². The number of nitrogens with one attached hydrogen (secondary N) is 1. The number of piperidine rings is 1. The number of ether oxygens (including phenoxy) is 1. The second kappa shape index (κ2) is 9.34. The standard InChI is InChI=1S/C18H28N2O2/c1-2-3-15-22-18(21)19-12-11-16-7-9-17(10-8-16)20-13-5-4-6-14-20/h7-10H,2-6,11-15H2,1H3,(H,19,21). The quantitative estimate of drug-likeness (QED) is 0.780. The SMILES string of the molecule is CCCCOC(=O)NCCc1ccc(N2CCCCC2)cc1. The number of alkyl carbamates (subject to hydrolysis) is 1. The van der Waals surface area contributed by atoms with Crippen LogP contribution >= 0.6 is 0 Å². The first-order valence-electron chi connectivity index (χ1n) is 8.54. The van der Waals surface area contributed by atoms with Crippen molar-refractivity contribution in [2.75, 3.05) is 31.1 Å². The van der Waals surface area contributed by atoms with Crippen molar-refractivity contribution >= 4 is 11.8 Å². The summed E-state index contributed by atoms with van der Waals surface area (Å²) < 4.78 is 5.06. The summed E-state index contributed by atoms with van der Waals surface area (Å²) in [6, 6.07) is 8.71. The van der Waals surface area contributed by atoms with Crippen LogP contribution in [-0.4, -0.2) is 32.3 Å². The molecule has 0 aliphatic carbocycles. The maximum absolute atomic E-state index is 11.4. The van der Waals surface area contributed by atoms with Crippen LogP contribution in [0.2, 0.25) is 0 Å². The normalized spacial score (nSPS) is 14.7. The van der Waals surface area contributed by atoms with Crippen LogP contribution in [0.1, 0.15) is 44.6 Å². The minimum Gasteiger partial charge on any atom is -0.450 e. The lowest BCUT2D eigenvalue weighted by Crippen LogP contribution is -2.29. The minimum atomic E-state index is -0.307. The highest BCUT2D eigenvalue weighted by Gasteiger charge is 2.10. The molecule has 0 spiro atoms. The first-order valence-corrected chi connectivity index (χ1v) is 8.54. The number of carbonyl (C=O) groups is 1. The van der Waals surface area contributed by atoms with E-state index in [1.54, 1.807) is 0 Å². The second-order valence-corrected chi connectivity index (χ2v) is 5.88. The van der Waals surface area contributed by atoms with E-state index in [1.807, 2.05) is 0 Å². The second-order valence-electron chi connectivity index (χ2n) is 5.88. The number of unbranched alkanes of at least 4 members (excludes halogenated alkanes) is 1. The smallest absolute Gasteiger partial charge is 0.407 e. The number of hydrogen-bond donors (Lipinski definition) is 1. The fraction of sp³-hybridized carbons (Fsp3) is 0.611. The lowest BCUT2D eigenvalue weighted by Gasteiger charge is -2.28. The highest BCUT2D eigenvalue weighted by atomic mass is 16.5. The molecule has 1 heterocycles. The van der Waals surface area contributed by atoms with Crippen molar-refractivity contribution in [2.45, 2.75) is 45.4 Å². The van der Waals surface area contributed by atoms with Gasteiger partial charge in [0.1, 0.15) is 0 Å². The number of benzene rings is 1. The van der Waals surface area contributed by atoms with E-state index in [9.17, 15) is 4.79 Å². The summed E-state index contributed by atoms with van der Waals surface area (Å²) in [5.41, 5.74) is 2.56. The van der Waals surface area contributed by atoms with E-state index in [2.05, 4.69) is 41.4 Å². The van der Waals surface area contributed by atoms with Crippen molar-refractivity contribution in [3.05, 3.63) is 29.8 Å². The fourth-order valence-electron chi connectivity index (χ4n) is 2.69. The van der Waals surface area contributed by atoms with E-state index < -0.39 is 0 Å². The van der Waals surface area contributed by atoms with Gasteiger partial charge in [0.05, 0.1) is 6.61 Å². The third kappa shape index (κ3) is 5.58. The largest absolute Gasteiger partial charge is 0.450 e. The van der Waals surface area contributed by atoms with Gasteiger partial charge in [-0.25, -0.2) is 4.79 Å². The van der Waals surface area contributed by atoms with Gasteiger partial charge in [0.25, 0.3) is 0 Å². The van der Waals surface area contributed by atoms with Gasteiger partial charge in [-0.2, -0.15) is 0 Å². The van der Waals surface area contributed by atoms with Gasteiger partial charge in [-0.1, -0.05) is 25.5 Å². The number of nitrogens with zero attached hydrogens (tertiary/aromatic N) is 1. The molecule has 1 saturated heterocycles. The zero-order valence-electron chi connectivity index (χ0n) is 13.6. The van der Waals surface area contributed by atoms with Crippen LogP contribution in [0.5, 0.6) is 0 Å². The van der Waals surface area contributed by atoms with E-state index in [0.29, 0.717) is 13.2 Å². The Balaban J connectivity index is 1.69. The molecule has 1 aliphatic heterocycles. The van der Waals surface area contributed by atoms with Crippen molar-refractivity contribution in [2.24, 2.45) is 0 Å². The Morgan fingerprint density at radius 3 is 2.59 bits per heavy atom. The number of rotatable bonds is 7. The zero-order chi connectivity index (χ0) is 15.6. The van der Waals surface area contributed by atoms with Crippen LogP contribution in [0.15, 0.2) is 24.3 Å². The first-order chi connectivity index (χ1) is 10.8. The van der Waals surface area contributed by atoms with E-state index in [0.717, 1.165) is 19.3 Å². The van der Waals surface area contributed by atoms with Crippen LogP contribution in [0.4, 0.5) is 10.5 Å². The Morgan fingerprint density at radius 2 is 1.91 bits per heavy atom. The van der Waals surface area contributed by atoms with E-state index in [4.69, 9.17) is 4.74 Å². The molecule has 1 aromatic rings. The highest BCUT2D eigenvalue weighted by Crippen LogP contribution is 2.20. The first kappa shape index (κ1) is 16.7. The number of hydrogen-bond acceptors (Lipinski definition) is 3. The molecule has 0 unspecified atom stereocenters. The molecule has 2 rings (SSSR count). The Morgan fingerprint density at radius 1 is 1.18 bits per heavy atom. The van der Waals surface area contributed by atoms with E-state index >= 15 is 0 Å². The average molecular weight is 304 g/mol. The van der Waals surface area contributed by atoms with Crippen LogP contribution < -0.4 is 10.2 Å². The molecule has 0 atom stereocenters. The Labute approximate surface area is 133 Å². The molecule has 0 saturated carbocycles. The predicted molar refractivity (Wildman–Crippen MR) is 90.5 cm³/mol. The van der Waals surface area contributed by atoms with Crippen molar-refractivity contribution in [3.8, 4) is 0 Å². The summed E-state index contributed by atoms with van der Waals surface area (Å²) in [5.74, 6) is 0. The van der Waals surface area contributed by atoms with Crippen LogP contribution in [0.25, 0.3) is 0 Å². The van der Waals surface area contributed by atoms with Gasteiger partial charge in [0, 0.05) is 25.3 Å².